The molecule has 2 fully saturated rings. The SMILES string of the molecule is CCNC1CCCCCC1CN1CCCC1CN(C)C. The molecule has 1 aliphatic heterocycles. The number of rotatable bonds is 6. The summed E-state index contributed by atoms with van der Waals surface area (Å²) in [4.78, 5) is 5.15. The van der Waals surface area contributed by atoms with Crippen LogP contribution in [0.1, 0.15) is 51.9 Å². The van der Waals surface area contributed by atoms with E-state index in [0.29, 0.717) is 0 Å². The Labute approximate surface area is 126 Å². The predicted octanol–water partition coefficient (Wildman–Crippen LogP) is 2.57. The molecule has 3 atom stereocenters. The van der Waals surface area contributed by atoms with E-state index in [1.54, 1.807) is 0 Å². The van der Waals surface area contributed by atoms with Gasteiger partial charge >= 0.3 is 0 Å². The number of likely N-dealkylation sites (N-methyl/N-ethyl adjacent to an activating group) is 1. The molecule has 0 aromatic rings. The number of nitrogens with one attached hydrogen (secondary N) is 1. The summed E-state index contributed by atoms with van der Waals surface area (Å²) >= 11 is 0. The van der Waals surface area contributed by atoms with Crippen LogP contribution >= 0.6 is 0 Å². The molecule has 1 N–H and O–H groups in total. The quantitative estimate of drug-likeness (QED) is 0.755. The zero-order valence-electron chi connectivity index (χ0n) is 13.9. The van der Waals surface area contributed by atoms with Crippen LogP contribution in [-0.4, -0.2) is 62.2 Å². The van der Waals surface area contributed by atoms with Crippen LogP contribution in [0.15, 0.2) is 0 Å². The maximum Gasteiger partial charge on any atom is 0.0223 e. The third-order valence-electron chi connectivity index (χ3n) is 5.17. The van der Waals surface area contributed by atoms with Crippen molar-refractivity contribution in [2.24, 2.45) is 5.92 Å². The molecule has 2 aliphatic rings. The normalized spacial score (nSPS) is 32.7. The van der Waals surface area contributed by atoms with Gasteiger partial charge in [0.15, 0.2) is 0 Å². The Kier molecular flexibility index (Phi) is 6.79. The van der Waals surface area contributed by atoms with E-state index in [1.165, 1.54) is 64.6 Å². The average molecular weight is 281 g/mol. The molecule has 1 saturated carbocycles. The molecule has 1 heterocycles. The topological polar surface area (TPSA) is 18.5 Å². The minimum Gasteiger partial charge on any atom is -0.314 e. The molecule has 0 radical (unpaired) electrons. The highest BCUT2D eigenvalue weighted by atomic mass is 15.2. The van der Waals surface area contributed by atoms with Crippen molar-refractivity contribution in [1.82, 2.24) is 15.1 Å². The summed E-state index contributed by atoms with van der Waals surface area (Å²) in [6, 6.07) is 1.57. The zero-order chi connectivity index (χ0) is 14.4. The number of hydrogen-bond acceptors (Lipinski definition) is 3. The lowest BCUT2D eigenvalue weighted by Crippen LogP contribution is -2.45. The molecule has 3 unspecified atom stereocenters. The molecular weight excluding hydrogens is 246 g/mol. The Morgan fingerprint density at radius 2 is 1.85 bits per heavy atom. The molecule has 20 heavy (non-hydrogen) atoms. The fourth-order valence-corrected chi connectivity index (χ4v) is 4.20. The van der Waals surface area contributed by atoms with Crippen molar-refractivity contribution in [3.05, 3.63) is 0 Å². The summed E-state index contributed by atoms with van der Waals surface area (Å²) in [7, 11) is 4.42. The van der Waals surface area contributed by atoms with E-state index < -0.39 is 0 Å². The van der Waals surface area contributed by atoms with Crippen molar-refractivity contribution in [2.75, 3.05) is 40.3 Å². The maximum absolute atomic E-state index is 3.77. The Morgan fingerprint density at radius 3 is 2.60 bits per heavy atom. The Hall–Kier alpha value is -0.120. The number of nitrogens with zero attached hydrogens (tertiary/aromatic N) is 2. The van der Waals surface area contributed by atoms with E-state index in [0.717, 1.165) is 24.5 Å². The van der Waals surface area contributed by atoms with Crippen LogP contribution in [0.25, 0.3) is 0 Å². The van der Waals surface area contributed by atoms with Crippen LogP contribution in [0.3, 0.4) is 0 Å². The summed E-state index contributed by atoms with van der Waals surface area (Å²) in [5.41, 5.74) is 0. The highest BCUT2D eigenvalue weighted by Gasteiger charge is 2.30. The maximum atomic E-state index is 3.77. The lowest BCUT2D eigenvalue weighted by molar-refractivity contribution is 0.159. The van der Waals surface area contributed by atoms with E-state index in [2.05, 4.69) is 36.1 Å². The van der Waals surface area contributed by atoms with Gasteiger partial charge in [-0.15, -0.1) is 0 Å². The lowest BCUT2D eigenvalue weighted by Gasteiger charge is -2.34. The highest BCUT2D eigenvalue weighted by molar-refractivity contribution is 4.87. The molecule has 0 aromatic carbocycles. The van der Waals surface area contributed by atoms with Gasteiger partial charge < -0.3 is 10.2 Å². The Morgan fingerprint density at radius 1 is 1.05 bits per heavy atom. The van der Waals surface area contributed by atoms with Crippen molar-refractivity contribution in [2.45, 2.75) is 64.0 Å². The van der Waals surface area contributed by atoms with Crippen molar-refractivity contribution < 1.29 is 0 Å². The minimum atomic E-state index is 0.767. The van der Waals surface area contributed by atoms with Crippen LogP contribution in [0.4, 0.5) is 0 Å². The molecular formula is C17H35N3. The first-order chi connectivity index (χ1) is 9.70. The second kappa shape index (κ2) is 8.35. The first-order valence-electron chi connectivity index (χ1n) is 8.83. The lowest BCUT2D eigenvalue weighted by atomic mass is 9.93. The van der Waals surface area contributed by atoms with Crippen LogP contribution in [0.2, 0.25) is 0 Å². The molecule has 2 rings (SSSR count). The first kappa shape index (κ1) is 16.3. The molecule has 3 heteroatoms. The fourth-order valence-electron chi connectivity index (χ4n) is 4.20. The van der Waals surface area contributed by atoms with Crippen LogP contribution in [0.5, 0.6) is 0 Å². The molecule has 0 amide bonds. The standard InChI is InChI=1S/C17H35N3/c1-4-18-17-11-7-5-6-9-15(17)13-20-12-8-10-16(20)14-19(2)3/h15-18H,4-14H2,1-3H3. The number of hydrogen-bond donors (Lipinski definition) is 1. The molecule has 0 spiro atoms. The Balaban J connectivity index is 1.90. The summed E-state index contributed by atoms with van der Waals surface area (Å²) in [5.74, 6) is 0.875. The highest BCUT2D eigenvalue weighted by Crippen LogP contribution is 2.27. The Bertz CT molecular complexity index is 267. The van der Waals surface area contributed by atoms with Gasteiger partial charge in [0.25, 0.3) is 0 Å². The van der Waals surface area contributed by atoms with Gasteiger partial charge in [-0.2, -0.15) is 0 Å². The van der Waals surface area contributed by atoms with E-state index in [1.807, 2.05) is 0 Å². The van der Waals surface area contributed by atoms with Crippen LogP contribution in [0, 0.1) is 5.92 Å². The van der Waals surface area contributed by atoms with E-state index in [-0.39, 0.29) is 0 Å². The van der Waals surface area contributed by atoms with Gasteiger partial charge in [-0.05, 0) is 58.8 Å². The molecule has 118 valence electrons. The van der Waals surface area contributed by atoms with Crippen LogP contribution in [-0.2, 0) is 0 Å². The molecule has 1 aliphatic carbocycles. The summed E-state index contributed by atoms with van der Waals surface area (Å²) in [6.45, 7) is 7.28. The average Bonchev–Trinajstić information content (AvgIpc) is 2.69. The monoisotopic (exact) mass is 281 g/mol. The predicted molar refractivity (Wildman–Crippen MR) is 87.2 cm³/mol. The van der Waals surface area contributed by atoms with Crippen molar-refractivity contribution in [3.8, 4) is 0 Å². The summed E-state index contributed by atoms with van der Waals surface area (Å²) in [6.07, 6.45) is 9.94. The van der Waals surface area contributed by atoms with Gasteiger partial charge in [0.1, 0.15) is 0 Å². The summed E-state index contributed by atoms with van der Waals surface area (Å²) < 4.78 is 0. The third-order valence-corrected chi connectivity index (χ3v) is 5.17. The van der Waals surface area contributed by atoms with Gasteiger partial charge in [0, 0.05) is 25.2 Å². The van der Waals surface area contributed by atoms with E-state index >= 15 is 0 Å². The largest absolute Gasteiger partial charge is 0.314 e. The molecule has 3 nitrogen and oxygen atoms in total. The third kappa shape index (κ3) is 4.71. The van der Waals surface area contributed by atoms with Gasteiger partial charge in [-0.1, -0.05) is 26.2 Å². The smallest absolute Gasteiger partial charge is 0.0223 e. The van der Waals surface area contributed by atoms with Gasteiger partial charge in [-0.25, -0.2) is 0 Å². The molecule has 0 aromatic heterocycles. The van der Waals surface area contributed by atoms with Crippen molar-refractivity contribution in [3.63, 3.8) is 0 Å². The van der Waals surface area contributed by atoms with Gasteiger partial charge in [0.2, 0.25) is 0 Å². The minimum absolute atomic E-state index is 0.767. The second-order valence-electron chi connectivity index (χ2n) is 7.12. The van der Waals surface area contributed by atoms with Gasteiger partial charge in [-0.3, -0.25) is 4.90 Å². The second-order valence-corrected chi connectivity index (χ2v) is 7.12. The zero-order valence-corrected chi connectivity index (χ0v) is 13.9. The van der Waals surface area contributed by atoms with E-state index in [9.17, 15) is 0 Å². The first-order valence-corrected chi connectivity index (χ1v) is 8.83. The van der Waals surface area contributed by atoms with E-state index in [4.69, 9.17) is 0 Å². The van der Waals surface area contributed by atoms with Gasteiger partial charge in [0.05, 0.1) is 0 Å². The summed E-state index contributed by atoms with van der Waals surface area (Å²) in [5, 5.41) is 3.77. The molecule has 1 saturated heterocycles. The van der Waals surface area contributed by atoms with Crippen molar-refractivity contribution in [1.29, 1.82) is 0 Å². The van der Waals surface area contributed by atoms with Crippen molar-refractivity contribution >= 4 is 0 Å². The van der Waals surface area contributed by atoms with Crippen LogP contribution < -0.4 is 5.32 Å². The fraction of sp³-hybridized carbons (Fsp3) is 1.00. The number of likely N-dealkylation sites (tertiary alicyclic amines) is 1. The molecule has 0 bridgehead atoms.